The highest BCUT2D eigenvalue weighted by Crippen LogP contribution is 2.65. The first kappa shape index (κ1) is 38.0. The molecular weight excluding hydrogens is 843 g/mol. The zero-order valence-electron chi connectivity index (χ0n) is 37.0. The molecule has 0 aliphatic heterocycles. The van der Waals surface area contributed by atoms with Gasteiger partial charge in [0.25, 0.3) is 0 Å². The van der Waals surface area contributed by atoms with Crippen molar-refractivity contribution >= 4 is 43.9 Å². The van der Waals surface area contributed by atoms with Crippen molar-refractivity contribution in [2.75, 3.05) is 0 Å². The first-order chi connectivity index (χ1) is 34.2. The summed E-state index contributed by atoms with van der Waals surface area (Å²) in [5.74, 6) is 1.91. The molecule has 0 fully saturated rings. The first-order valence-electron chi connectivity index (χ1n) is 23.4. The van der Waals surface area contributed by atoms with Gasteiger partial charge in [0.15, 0.2) is 17.5 Å². The van der Waals surface area contributed by atoms with Gasteiger partial charge in [0.05, 0.1) is 5.41 Å². The highest BCUT2D eigenvalue weighted by atomic mass is 16.3. The second kappa shape index (κ2) is 14.4. The number of nitrogens with zero attached hydrogens (tertiary/aromatic N) is 3. The third-order valence-electron chi connectivity index (χ3n) is 14.5. The van der Waals surface area contributed by atoms with Crippen molar-refractivity contribution in [3.05, 3.63) is 247 Å². The van der Waals surface area contributed by atoms with Gasteiger partial charge in [0.1, 0.15) is 22.3 Å². The lowest BCUT2D eigenvalue weighted by Crippen LogP contribution is -2.26. The van der Waals surface area contributed by atoms with Crippen LogP contribution in [0.15, 0.2) is 233 Å². The molecule has 1 spiro atoms. The fourth-order valence-electron chi connectivity index (χ4n) is 11.5. The summed E-state index contributed by atoms with van der Waals surface area (Å²) >= 11 is 0. The number of hydrogen-bond donors (Lipinski definition) is 0. The highest BCUT2D eigenvalue weighted by molar-refractivity contribution is 6.16. The van der Waals surface area contributed by atoms with Gasteiger partial charge in [-0.05, 0) is 109 Å². The summed E-state index contributed by atoms with van der Waals surface area (Å²) in [5.41, 5.74) is 20.2. The van der Waals surface area contributed by atoms with Gasteiger partial charge in [0, 0.05) is 38.2 Å². The Balaban J connectivity index is 0.868. The molecule has 2 aliphatic rings. The van der Waals surface area contributed by atoms with Crippen LogP contribution < -0.4 is 0 Å². The molecule has 0 bridgehead atoms. The highest BCUT2D eigenvalue weighted by Gasteiger charge is 2.53. The fraction of sp³-hybridized carbons (Fsp3) is 0.0156. The molecule has 320 valence electrons. The van der Waals surface area contributed by atoms with Crippen molar-refractivity contribution in [3.63, 3.8) is 0 Å². The van der Waals surface area contributed by atoms with Crippen LogP contribution in [0.3, 0.4) is 0 Å². The van der Waals surface area contributed by atoms with Crippen molar-refractivity contribution in [2.24, 2.45) is 0 Å². The van der Waals surface area contributed by atoms with Crippen LogP contribution in [0.2, 0.25) is 0 Å². The van der Waals surface area contributed by atoms with Crippen molar-refractivity contribution < 1.29 is 8.83 Å². The van der Waals surface area contributed by atoms with Crippen LogP contribution in [0, 0.1) is 0 Å². The Labute approximate surface area is 396 Å². The third-order valence-corrected chi connectivity index (χ3v) is 14.5. The lowest BCUT2D eigenvalue weighted by molar-refractivity contribution is 0.666. The third kappa shape index (κ3) is 5.50. The van der Waals surface area contributed by atoms with Gasteiger partial charge in [-0.25, -0.2) is 15.0 Å². The Hall–Kier alpha value is -9.19. The summed E-state index contributed by atoms with van der Waals surface area (Å²) in [7, 11) is 0. The van der Waals surface area contributed by atoms with Crippen LogP contribution in [0.4, 0.5) is 0 Å². The van der Waals surface area contributed by atoms with E-state index in [4.69, 9.17) is 23.8 Å². The van der Waals surface area contributed by atoms with Gasteiger partial charge in [0.2, 0.25) is 0 Å². The summed E-state index contributed by atoms with van der Waals surface area (Å²) in [6, 6.07) is 79.6. The normalized spacial score (nSPS) is 13.0. The molecule has 0 unspecified atom stereocenters. The molecule has 3 heterocycles. The van der Waals surface area contributed by atoms with Crippen molar-refractivity contribution in [1.29, 1.82) is 0 Å². The minimum atomic E-state index is -0.596. The van der Waals surface area contributed by atoms with Gasteiger partial charge >= 0.3 is 0 Å². The summed E-state index contributed by atoms with van der Waals surface area (Å²) in [4.78, 5) is 14.9. The maximum Gasteiger partial charge on any atom is 0.164 e. The summed E-state index contributed by atoms with van der Waals surface area (Å²) in [6.45, 7) is 0. The van der Waals surface area contributed by atoms with Gasteiger partial charge < -0.3 is 8.83 Å². The van der Waals surface area contributed by atoms with Crippen LogP contribution in [-0.2, 0) is 5.41 Å². The Morgan fingerprint density at radius 1 is 0.275 bits per heavy atom. The van der Waals surface area contributed by atoms with E-state index in [0.717, 1.165) is 82.8 Å². The zero-order valence-corrected chi connectivity index (χ0v) is 37.0. The summed E-state index contributed by atoms with van der Waals surface area (Å²) < 4.78 is 13.5. The summed E-state index contributed by atoms with van der Waals surface area (Å²) in [5, 5.41) is 4.50. The average molecular weight is 880 g/mol. The standard InChI is InChI=1S/C64H37N3O2/c1-3-14-40(15-4-1)61-65-62(41-16-5-2-6-17-41)67-63(66-61)44-19-13-18-42(34-44)38-26-28-39(29-27-38)43-30-32-56-51(35-43)59-57(68-56)33-31-48-49-36-50-47-22-9-12-25-55(47)69-58(50)37-54(49)64(60(48)59)52-23-10-7-20-45(52)46-21-8-11-24-53(46)64/h1-37H. The van der Waals surface area contributed by atoms with E-state index in [0.29, 0.717) is 17.5 Å². The lowest BCUT2D eigenvalue weighted by atomic mass is 9.69. The number of benzene rings is 10. The topological polar surface area (TPSA) is 65.0 Å². The van der Waals surface area contributed by atoms with Gasteiger partial charge in [-0.15, -0.1) is 0 Å². The molecule has 0 N–H and O–H groups in total. The molecule has 0 saturated carbocycles. The molecule has 0 saturated heterocycles. The average Bonchev–Trinajstić information content (AvgIpc) is 4.15. The van der Waals surface area contributed by atoms with Crippen LogP contribution >= 0.6 is 0 Å². The van der Waals surface area contributed by atoms with E-state index < -0.39 is 5.41 Å². The largest absolute Gasteiger partial charge is 0.456 e. The predicted molar refractivity (Wildman–Crippen MR) is 278 cm³/mol. The molecule has 10 aromatic carbocycles. The van der Waals surface area contributed by atoms with E-state index in [1.165, 1.54) is 44.5 Å². The Bertz CT molecular complexity index is 4140. The van der Waals surface area contributed by atoms with E-state index in [1.54, 1.807) is 0 Å². The molecular formula is C64H37N3O2. The minimum Gasteiger partial charge on any atom is -0.456 e. The predicted octanol–water partition coefficient (Wildman–Crippen LogP) is 16.3. The number of hydrogen-bond acceptors (Lipinski definition) is 5. The quantitative estimate of drug-likeness (QED) is 0.172. The molecule has 2 aliphatic carbocycles. The second-order valence-electron chi connectivity index (χ2n) is 18.2. The molecule has 69 heavy (non-hydrogen) atoms. The smallest absolute Gasteiger partial charge is 0.164 e. The number of para-hydroxylation sites is 1. The number of rotatable bonds is 5. The molecule has 5 heteroatoms. The molecule has 0 radical (unpaired) electrons. The van der Waals surface area contributed by atoms with Crippen molar-refractivity contribution in [3.8, 4) is 78.7 Å². The molecule has 0 atom stereocenters. The molecule has 0 amide bonds. The monoisotopic (exact) mass is 879 g/mol. The number of aromatic nitrogens is 3. The fourth-order valence-corrected chi connectivity index (χ4v) is 11.5. The lowest BCUT2D eigenvalue weighted by Gasteiger charge is -2.31. The van der Waals surface area contributed by atoms with Crippen LogP contribution in [0.1, 0.15) is 22.3 Å². The molecule has 3 aromatic heterocycles. The molecule has 15 rings (SSSR count). The van der Waals surface area contributed by atoms with E-state index in [2.05, 4.69) is 158 Å². The molecule has 13 aromatic rings. The number of furan rings is 2. The van der Waals surface area contributed by atoms with Crippen LogP contribution in [0.5, 0.6) is 0 Å². The van der Waals surface area contributed by atoms with Gasteiger partial charge in [-0.3, -0.25) is 0 Å². The maximum absolute atomic E-state index is 6.82. The Kier molecular flexibility index (Phi) is 7.93. The van der Waals surface area contributed by atoms with E-state index in [-0.39, 0.29) is 0 Å². The van der Waals surface area contributed by atoms with Crippen molar-refractivity contribution in [2.45, 2.75) is 5.41 Å². The van der Waals surface area contributed by atoms with E-state index in [9.17, 15) is 0 Å². The first-order valence-corrected chi connectivity index (χ1v) is 23.4. The molecule has 5 nitrogen and oxygen atoms in total. The Morgan fingerprint density at radius 2 is 0.797 bits per heavy atom. The van der Waals surface area contributed by atoms with Crippen LogP contribution in [0.25, 0.3) is 123 Å². The van der Waals surface area contributed by atoms with E-state index in [1.807, 2.05) is 66.7 Å². The minimum absolute atomic E-state index is 0.596. The Morgan fingerprint density at radius 3 is 1.49 bits per heavy atom. The second-order valence-corrected chi connectivity index (χ2v) is 18.2. The van der Waals surface area contributed by atoms with Crippen LogP contribution in [-0.4, -0.2) is 15.0 Å². The zero-order chi connectivity index (χ0) is 45.2. The van der Waals surface area contributed by atoms with Gasteiger partial charge in [-0.2, -0.15) is 0 Å². The van der Waals surface area contributed by atoms with Gasteiger partial charge in [-0.1, -0.05) is 182 Å². The maximum atomic E-state index is 6.82. The van der Waals surface area contributed by atoms with Crippen molar-refractivity contribution in [1.82, 2.24) is 15.0 Å². The SMILES string of the molecule is c1ccc(-c2nc(-c3ccccc3)nc(-c3cccc(-c4ccc(-c5ccc6oc7ccc8c(c7c6c5)C5(c6ccccc6-c6ccccc65)c5cc6oc7ccccc7c6cc5-8)cc4)c3)n2)cc1. The number of fused-ring (bicyclic) bond motifs is 17. The van der Waals surface area contributed by atoms with E-state index >= 15 is 0 Å². The summed E-state index contributed by atoms with van der Waals surface area (Å²) in [6.07, 6.45) is 0.